The number of thiazole rings is 1. The number of ketones is 1. The number of methoxy groups -OCH3 is 1. The Balaban J connectivity index is 2.53. The summed E-state index contributed by atoms with van der Waals surface area (Å²) >= 11 is 1.39. The van der Waals surface area contributed by atoms with Gasteiger partial charge in [0.05, 0.1) is 12.3 Å². The third-order valence-electron chi connectivity index (χ3n) is 1.68. The highest BCUT2D eigenvalue weighted by atomic mass is 32.1. The highest BCUT2D eigenvalue weighted by Gasteiger charge is 2.10. The smallest absolute Gasteiger partial charge is 0.193 e. The number of nitrogens with zero attached hydrogens (tertiary/aromatic N) is 1. The number of Topliss-reactive ketones (excluding diaryl/α,β-unsaturated/α-hetero) is 1. The lowest BCUT2D eigenvalue weighted by atomic mass is 10.3. The van der Waals surface area contributed by atoms with Crippen molar-refractivity contribution in [3.63, 3.8) is 0 Å². The summed E-state index contributed by atoms with van der Waals surface area (Å²) in [6, 6.07) is 0. The minimum absolute atomic E-state index is 0.0548. The van der Waals surface area contributed by atoms with Crippen molar-refractivity contribution in [2.45, 2.75) is 13.0 Å². The molecule has 0 aliphatic heterocycles. The average Bonchev–Trinajstić information content (AvgIpc) is 2.63. The molecule has 0 amide bonds. The lowest BCUT2D eigenvalue weighted by molar-refractivity contribution is 0.0931. The lowest BCUT2D eigenvalue weighted by Gasteiger charge is -1.95. The second-order valence-electron chi connectivity index (χ2n) is 2.84. The Morgan fingerprint density at radius 3 is 3.14 bits per heavy atom. The third-order valence-corrected chi connectivity index (χ3v) is 2.61. The Morgan fingerprint density at radius 2 is 2.50 bits per heavy atom. The van der Waals surface area contributed by atoms with Gasteiger partial charge in [-0.3, -0.25) is 4.79 Å². The van der Waals surface area contributed by atoms with Gasteiger partial charge >= 0.3 is 0 Å². The average molecular weight is 214 g/mol. The van der Waals surface area contributed by atoms with E-state index in [-0.39, 0.29) is 5.78 Å². The summed E-state index contributed by atoms with van der Waals surface area (Å²) in [6.07, 6.45) is 0.406. The van der Waals surface area contributed by atoms with Gasteiger partial charge < -0.3 is 10.1 Å². The molecule has 0 aliphatic carbocycles. The summed E-state index contributed by atoms with van der Waals surface area (Å²) < 4.78 is 4.83. The van der Waals surface area contributed by atoms with Crippen LogP contribution in [0.25, 0.3) is 0 Å². The van der Waals surface area contributed by atoms with Gasteiger partial charge in [0.1, 0.15) is 0 Å². The van der Waals surface area contributed by atoms with Crippen LogP contribution in [-0.4, -0.2) is 31.5 Å². The van der Waals surface area contributed by atoms with Gasteiger partial charge in [-0.05, 0) is 7.05 Å². The summed E-state index contributed by atoms with van der Waals surface area (Å²) in [5.74, 6) is 0.0548. The van der Waals surface area contributed by atoms with Crippen LogP contribution in [0.2, 0.25) is 0 Å². The van der Waals surface area contributed by atoms with Crippen LogP contribution in [0.1, 0.15) is 21.9 Å². The molecule has 0 spiro atoms. The van der Waals surface area contributed by atoms with Crippen LogP contribution in [0, 0.1) is 0 Å². The van der Waals surface area contributed by atoms with Crippen LogP contribution in [0.4, 0.5) is 0 Å². The fourth-order valence-electron chi connectivity index (χ4n) is 0.999. The highest BCUT2D eigenvalue weighted by Crippen LogP contribution is 2.11. The van der Waals surface area contributed by atoms with Crippen LogP contribution in [0.5, 0.6) is 0 Å². The fraction of sp³-hybridized carbons (Fsp3) is 0.556. The van der Waals surface area contributed by atoms with E-state index in [1.54, 1.807) is 7.11 Å². The molecule has 1 heterocycles. The first-order chi connectivity index (χ1) is 6.77. The van der Waals surface area contributed by atoms with Crippen LogP contribution in [0.3, 0.4) is 0 Å². The number of rotatable bonds is 6. The molecule has 0 aliphatic rings. The molecular weight excluding hydrogens is 200 g/mol. The number of carbonyl (C=O) groups excluding carboxylic acids is 1. The fourth-order valence-corrected chi connectivity index (χ4v) is 1.79. The topological polar surface area (TPSA) is 51.2 Å². The molecule has 1 aromatic rings. The van der Waals surface area contributed by atoms with Crippen molar-refractivity contribution >= 4 is 17.1 Å². The predicted molar refractivity (Wildman–Crippen MR) is 55.7 cm³/mol. The van der Waals surface area contributed by atoms with Gasteiger partial charge in [0.25, 0.3) is 0 Å². The molecule has 0 unspecified atom stereocenters. The number of ether oxygens (including phenoxy) is 1. The third kappa shape index (κ3) is 3.17. The maximum atomic E-state index is 11.5. The standard InChI is InChI=1S/C9H14N2O2S/c1-10-5-7-6-14-9(11-7)8(12)3-4-13-2/h6,10H,3-5H2,1-2H3. The number of carbonyl (C=O) groups is 1. The number of nitrogens with one attached hydrogen (secondary N) is 1. The molecular formula is C9H14N2O2S. The van der Waals surface area contributed by atoms with Crippen molar-refractivity contribution in [1.82, 2.24) is 10.3 Å². The molecule has 1 rings (SSSR count). The molecule has 0 saturated heterocycles. The Labute approximate surface area is 87.3 Å². The van der Waals surface area contributed by atoms with E-state index in [1.807, 2.05) is 12.4 Å². The molecule has 0 fully saturated rings. The lowest BCUT2D eigenvalue weighted by Crippen LogP contribution is -2.07. The molecule has 5 heteroatoms. The van der Waals surface area contributed by atoms with Crippen molar-refractivity contribution in [1.29, 1.82) is 0 Å². The largest absolute Gasteiger partial charge is 0.384 e. The van der Waals surface area contributed by atoms with E-state index in [0.717, 1.165) is 5.69 Å². The highest BCUT2D eigenvalue weighted by molar-refractivity contribution is 7.11. The predicted octanol–water partition coefficient (Wildman–Crippen LogP) is 1.08. The SMILES string of the molecule is CNCc1csc(C(=O)CCOC)n1. The van der Waals surface area contributed by atoms with E-state index >= 15 is 0 Å². The summed E-state index contributed by atoms with van der Waals surface area (Å²) in [5, 5.41) is 5.46. The normalized spacial score (nSPS) is 10.4. The number of hydrogen-bond acceptors (Lipinski definition) is 5. The van der Waals surface area contributed by atoms with Crippen LogP contribution >= 0.6 is 11.3 Å². The molecule has 1 aromatic heterocycles. The first-order valence-corrected chi connectivity index (χ1v) is 5.27. The van der Waals surface area contributed by atoms with Gasteiger partial charge in [0.2, 0.25) is 0 Å². The Hall–Kier alpha value is -0.780. The minimum Gasteiger partial charge on any atom is -0.384 e. The van der Waals surface area contributed by atoms with Gasteiger partial charge in [0.15, 0.2) is 10.8 Å². The molecule has 78 valence electrons. The maximum Gasteiger partial charge on any atom is 0.193 e. The molecule has 0 saturated carbocycles. The first kappa shape index (κ1) is 11.3. The van der Waals surface area contributed by atoms with Crippen LogP contribution in [0.15, 0.2) is 5.38 Å². The number of hydrogen-bond donors (Lipinski definition) is 1. The zero-order chi connectivity index (χ0) is 10.4. The molecule has 0 aromatic carbocycles. The van der Waals surface area contributed by atoms with Gasteiger partial charge in [-0.25, -0.2) is 4.98 Å². The Kier molecular flexibility index (Phi) is 4.72. The molecule has 0 atom stereocenters. The second kappa shape index (κ2) is 5.85. The summed E-state index contributed by atoms with van der Waals surface area (Å²) in [4.78, 5) is 15.7. The summed E-state index contributed by atoms with van der Waals surface area (Å²) in [7, 11) is 3.44. The molecule has 4 nitrogen and oxygen atoms in total. The Morgan fingerprint density at radius 1 is 1.71 bits per heavy atom. The maximum absolute atomic E-state index is 11.5. The zero-order valence-electron chi connectivity index (χ0n) is 8.37. The van der Waals surface area contributed by atoms with Gasteiger partial charge in [-0.2, -0.15) is 0 Å². The summed E-state index contributed by atoms with van der Waals surface area (Å²) in [5.41, 5.74) is 0.915. The van der Waals surface area contributed by atoms with E-state index in [1.165, 1.54) is 11.3 Å². The number of aromatic nitrogens is 1. The van der Waals surface area contributed by atoms with Crippen molar-refractivity contribution in [3.8, 4) is 0 Å². The first-order valence-electron chi connectivity index (χ1n) is 4.39. The van der Waals surface area contributed by atoms with Gasteiger partial charge in [-0.1, -0.05) is 0 Å². The van der Waals surface area contributed by atoms with Gasteiger partial charge in [-0.15, -0.1) is 11.3 Å². The van der Waals surface area contributed by atoms with E-state index in [4.69, 9.17) is 4.74 Å². The minimum atomic E-state index is 0.0548. The van der Waals surface area contributed by atoms with Gasteiger partial charge in [0, 0.05) is 25.5 Å². The monoisotopic (exact) mass is 214 g/mol. The van der Waals surface area contributed by atoms with E-state index < -0.39 is 0 Å². The van der Waals surface area contributed by atoms with E-state index in [0.29, 0.717) is 24.6 Å². The Bertz CT molecular complexity index is 299. The quantitative estimate of drug-likeness (QED) is 0.720. The van der Waals surface area contributed by atoms with Crippen molar-refractivity contribution in [2.24, 2.45) is 0 Å². The molecule has 0 bridgehead atoms. The second-order valence-corrected chi connectivity index (χ2v) is 3.70. The molecule has 14 heavy (non-hydrogen) atoms. The summed E-state index contributed by atoms with van der Waals surface area (Å²) in [6.45, 7) is 1.16. The van der Waals surface area contributed by atoms with E-state index in [2.05, 4.69) is 10.3 Å². The van der Waals surface area contributed by atoms with Crippen LogP contribution in [-0.2, 0) is 11.3 Å². The zero-order valence-corrected chi connectivity index (χ0v) is 9.19. The van der Waals surface area contributed by atoms with Crippen molar-refractivity contribution < 1.29 is 9.53 Å². The molecule has 1 N–H and O–H groups in total. The van der Waals surface area contributed by atoms with Crippen molar-refractivity contribution in [3.05, 3.63) is 16.1 Å². The molecule has 0 radical (unpaired) electrons. The van der Waals surface area contributed by atoms with Crippen LogP contribution < -0.4 is 5.32 Å². The van der Waals surface area contributed by atoms with Crippen molar-refractivity contribution in [2.75, 3.05) is 20.8 Å². The van der Waals surface area contributed by atoms with E-state index in [9.17, 15) is 4.79 Å².